The molecule has 58 valence electrons. The van der Waals surface area contributed by atoms with Gasteiger partial charge in [0.2, 0.25) is 0 Å². The van der Waals surface area contributed by atoms with E-state index in [1.165, 1.54) is 16.7 Å². The number of aliphatic imine (C=N–C) groups is 1. The molecule has 0 fully saturated rings. The minimum atomic E-state index is 1.22. The average molecular weight is 147 g/mol. The van der Waals surface area contributed by atoms with Gasteiger partial charge in [0.1, 0.15) is 0 Å². The lowest BCUT2D eigenvalue weighted by molar-refractivity contribution is 1.37. The Morgan fingerprint density at radius 1 is 1.27 bits per heavy atom. The molecule has 1 heteroatoms. The van der Waals surface area contributed by atoms with Gasteiger partial charge in [0.15, 0.2) is 0 Å². The Kier molecular flexibility index (Phi) is 2.42. The molecule has 1 aromatic rings. The molecule has 0 amide bonds. The van der Waals surface area contributed by atoms with Crippen LogP contribution in [0.5, 0.6) is 0 Å². The maximum Gasteiger partial charge on any atom is 0.0284 e. The summed E-state index contributed by atoms with van der Waals surface area (Å²) in [5.41, 5.74) is 3.78. The van der Waals surface area contributed by atoms with Gasteiger partial charge >= 0.3 is 0 Å². The van der Waals surface area contributed by atoms with Crippen LogP contribution in [0.15, 0.2) is 23.2 Å². The SMILES string of the molecule is C/N=C\c1cc(C)ccc1C. The van der Waals surface area contributed by atoms with Crippen molar-refractivity contribution in [1.29, 1.82) is 0 Å². The fraction of sp³-hybridized carbons (Fsp3) is 0.300. The van der Waals surface area contributed by atoms with Crippen LogP contribution in [-0.4, -0.2) is 13.3 Å². The normalized spacial score (nSPS) is 10.8. The van der Waals surface area contributed by atoms with Crippen molar-refractivity contribution in [3.63, 3.8) is 0 Å². The molecule has 0 N–H and O–H groups in total. The third-order valence-electron chi connectivity index (χ3n) is 1.70. The highest BCUT2D eigenvalue weighted by atomic mass is 14.6. The monoisotopic (exact) mass is 147 g/mol. The summed E-state index contributed by atoms with van der Waals surface area (Å²) in [5, 5.41) is 0. The summed E-state index contributed by atoms with van der Waals surface area (Å²) in [6, 6.07) is 6.37. The van der Waals surface area contributed by atoms with Crippen molar-refractivity contribution < 1.29 is 0 Å². The van der Waals surface area contributed by atoms with Crippen LogP contribution in [-0.2, 0) is 0 Å². The topological polar surface area (TPSA) is 12.4 Å². The summed E-state index contributed by atoms with van der Waals surface area (Å²) < 4.78 is 0. The zero-order valence-electron chi connectivity index (χ0n) is 7.26. The van der Waals surface area contributed by atoms with Crippen LogP contribution in [0, 0.1) is 13.8 Å². The predicted molar refractivity (Wildman–Crippen MR) is 49.4 cm³/mol. The van der Waals surface area contributed by atoms with Gasteiger partial charge in [-0.05, 0) is 25.0 Å². The highest BCUT2D eigenvalue weighted by Gasteiger charge is 1.93. The summed E-state index contributed by atoms with van der Waals surface area (Å²) in [5.74, 6) is 0. The van der Waals surface area contributed by atoms with Gasteiger partial charge in [0, 0.05) is 13.3 Å². The van der Waals surface area contributed by atoms with Crippen molar-refractivity contribution >= 4 is 6.21 Å². The Bertz CT molecular complexity index is 274. The van der Waals surface area contributed by atoms with E-state index in [2.05, 4.69) is 37.0 Å². The second-order valence-electron chi connectivity index (χ2n) is 2.75. The fourth-order valence-electron chi connectivity index (χ4n) is 1.04. The number of hydrogen-bond acceptors (Lipinski definition) is 1. The van der Waals surface area contributed by atoms with Crippen LogP contribution < -0.4 is 0 Å². The van der Waals surface area contributed by atoms with E-state index in [9.17, 15) is 0 Å². The van der Waals surface area contributed by atoms with E-state index in [0.717, 1.165) is 0 Å². The molecule has 0 atom stereocenters. The smallest absolute Gasteiger partial charge is 0.0284 e. The van der Waals surface area contributed by atoms with Gasteiger partial charge in [0.05, 0.1) is 0 Å². The first-order valence-corrected chi connectivity index (χ1v) is 3.73. The molecule has 0 bridgehead atoms. The maximum atomic E-state index is 3.98. The van der Waals surface area contributed by atoms with Gasteiger partial charge in [-0.1, -0.05) is 23.8 Å². The summed E-state index contributed by atoms with van der Waals surface area (Å²) in [6.45, 7) is 4.18. The van der Waals surface area contributed by atoms with Crippen molar-refractivity contribution in [3.05, 3.63) is 34.9 Å². The van der Waals surface area contributed by atoms with E-state index in [4.69, 9.17) is 0 Å². The molecule has 0 aromatic heterocycles. The van der Waals surface area contributed by atoms with Gasteiger partial charge in [-0.25, -0.2) is 0 Å². The Balaban J connectivity index is 3.12. The van der Waals surface area contributed by atoms with Gasteiger partial charge in [0.25, 0.3) is 0 Å². The lowest BCUT2D eigenvalue weighted by Gasteiger charge is -1.99. The third kappa shape index (κ3) is 1.90. The second kappa shape index (κ2) is 3.33. The van der Waals surface area contributed by atoms with E-state index in [1.807, 2.05) is 6.21 Å². The van der Waals surface area contributed by atoms with Crippen molar-refractivity contribution in [2.24, 2.45) is 4.99 Å². The number of hydrogen-bond donors (Lipinski definition) is 0. The molecule has 0 radical (unpaired) electrons. The Morgan fingerprint density at radius 2 is 2.00 bits per heavy atom. The van der Waals surface area contributed by atoms with E-state index in [1.54, 1.807) is 7.05 Å². The minimum Gasteiger partial charge on any atom is -0.296 e. The van der Waals surface area contributed by atoms with Crippen LogP contribution in [0.25, 0.3) is 0 Å². The molecule has 0 saturated carbocycles. The number of benzene rings is 1. The molecular weight excluding hydrogens is 134 g/mol. The van der Waals surface area contributed by atoms with Gasteiger partial charge < -0.3 is 0 Å². The first-order valence-electron chi connectivity index (χ1n) is 3.73. The van der Waals surface area contributed by atoms with Crippen molar-refractivity contribution in [1.82, 2.24) is 0 Å². The molecule has 1 nitrogen and oxygen atoms in total. The van der Waals surface area contributed by atoms with Gasteiger partial charge in [-0.3, -0.25) is 4.99 Å². The molecule has 0 saturated heterocycles. The van der Waals surface area contributed by atoms with Crippen molar-refractivity contribution in [2.75, 3.05) is 7.05 Å². The van der Waals surface area contributed by atoms with E-state index in [0.29, 0.717) is 0 Å². The molecule has 1 aromatic carbocycles. The highest BCUT2D eigenvalue weighted by Crippen LogP contribution is 2.07. The molecule has 0 heterocycles. The maximum absolute atomic E-state index is 3.98. The second-order valence-corrected chi connectivity index (χ2v) is 2.75. The Labute approximate surface area is 67.8 Å². The number of nitrogens with zero attached hydrogens (tertiary/aromatic N) is 1. The molecule has 0 spiro atoms. The van der Waals surface area contributed by atoms with Crippen molar-refractivity contribution in [3.8, 4) is 0 Å². The lowest BCUT2D eigenvalue weighted by Crippen LogP contribution is -1.87. The van der Waals surface area contributed by atoms with Crippen LogP contribution in [0.3, 0.4) is 0 Å². The van der Waals surface area contributed by atoms with Crippen LogP contribution in [0.2, 0.25) is 0 Å². The first kappa shape index (κ1) is 7.99. The lowest BCUT2D eigenvalue weighted by atomic mass is 10.1. The van der Waals surface area contributed by atoms with Crippen LogP contribution >= 0.6 is 0 Å². The van der Waals surface area contributed by atoms with Gasteiger partial charge in [-0.2, -0.15) is 0 Å². The van der Waals surface area contributed by atoms with E-state index < -0.39 is 0 Å². The Hall–Kier alpha value is -1.11. The minimum absolute atomic E-state index is 1.22. The van der Waals surface area contributed by atoms with Gasteiger partial charge in [-0.15, -0.1) is 0 Å². The summed E-state index contributed by atoms with van der Waals surface area (Å²) >= 11 is 0. The van der Waals surface area contributed by atoms with Crippen LogP contribution in [0.4, 0.5) is 0 Å². The molecule has 0 aliphatic rings. The summed E-state index contributed by atoms with van der Waals surface area (Å²) in [4.78, 5) is 3.98. The van der Waals surface area contributed by atoms with Crippen LogP contribution in [0.1, 0.15) is 16.7 Å². The quantitative estimate of drug-likeness (QED) is 0.541. The molecule has 0 aliphatic carbocycles. The fourth-order valence-corrected chi connectivity index (χ4v) is 1.04. The summed E-state index contributed by atoms with van der Waals surface area (Å²) in [6.07, 6.45) is 1.89. The largest absolute Gasteiger partial charge is 0.296 e. The molecule has 0 aliphatic heterocycles. The number of aryl methyl sites for hydroxylation is 2. The highest BCUT2D eigenvalue weighted by molar-refractivity contribution is 5.81. The first-order chi connectivity index (χ1) is 5.24. The summed E-state index contributed by atoms with van der Waals surface area (Å²) in [7, 11) is 1.79. The molecule has 11 heavy (non-hydrogen) atoms. The predicted octanol–water partition coefficient (Wildman–Crippen LogP) is 2.35. The van der Waals surface area contributed by atoms with E-state index in [-0.39, 0.29) is 0 Å². The zero-order valence-corrected chi connectivity index (χ0v) is 7.26. The standard InChI is InChI=1S/C10H13N/c1-8-4-5-9(2)10(6-8)7-11-3/h4-7H,1-3H3/b11-7-. The average Bonchev–Trinajstić information content (AvgIpc) is 1.98. The zero-order chi connectivity index (χ0) is 8.27. The molecular formula is C10H13N. The van der Waals surface area contributed by atoms with E-state index >= 15 is 0 Å². The number of rotatable bonds is 1. The molecule has 0 unspecified atom stereocenters. The molecule has 1 rings (SSSR count). The Morgan fingerprint density at radius 3 is 2.64 bits per heavy atom. The van der Waals surface area contributed by atoms with Crippen molar-refractivity contribution in [2.45, 2.75) is 13.8 Å². The third-order valence-corrected chi connectivity index (χ3v) is 1.70.